The van der Waals surface area contributed by atoms with Crippen molar-refractivity contribution in [1.29, 1.82) is 0 Å². The van der Waals surface area contributed by atoms with E-state index in [1.807, 2.05) is 45.2 Å². The molecule has 4 rings (SSSR count). The van der Waals surface area contributed by atoms with Crippen molar-refractivity contribution in [2.45, 2.75) is 26.3 Å². The number of H-pyrrole nitrogens is 1. The topological polar surface area (TPSA) is 74.4 Å². The summed E-state index contributed by atoms with van der Waals surface area (Å²) in [5.74, 6) is 0.275. The monoisotopic (exact) mass is 365 g/mol. The first-order chi connectivity index (χ1) is 13.0. The van der Waals surface area contributed by atoms with Crippen molar-refractivity contribution in [2.75, 3.05) is 20.7 Å². The number of benzene rings is 2. The normalized spacial score (nSPS) is 15.0. The number of carbonyl (C=O) groups excluding carboxylic acids is 2. The van der Waals surface area contributed by atoms with E-state index in [1.54, 1.807) is 7.11 Å². The van der Waals surface area contributed by atoms with Crippen LogP contribution in [0.2, 0.25) is 0 Å². The quantitative estimate of drug-likeness (QED) is 0.681. The Hall–Kier alpha value is -2.86. The Morgan fingerprint density at radius 2 is 2.00 bits per heavy atom. The van der Waals surface area contributed by atoms with Crippen LogP contribution in [-0.4, -0.2) is 48.4 Å². The second-order valence-electron chi connectivity index (χ2n) is 7.02. The van der Waals surface area contributed by atoms with Gasteiger partial charge in [0.25, 0.3) is 11.8 Å². The Morgan fingerprint density at radius 1 is 1.22 bits per heavy atom. The predicted molar refractivity (Wildman–Crippen MR) is 106 cm³/mol. The smallest absolute Gasteiger partial charge is 0.262 e. The van der Waals surface area contributed by atoms with E-state index in [2.05, 4.69) is 10.3 Å². The van der Waals surface area contributed by atoms with Crippen molar-refractivity contribution in [3.63, 3.8) is 0 Å². The SMILES string of the molecule is CCC(CN1C(=O)c2cc(C)c3[nH]c4ccc(OC)cc4c3c2C1=O)NC. The van der Waals surface area contributed by atoms with Crippen LogP contribution in [0.15, 0.2) is 24.3 Å². The molecule has 0 saturated heterocycles. The van der Waals surface area contributed by atoms with Crippen molar-refractivity contribution in [3.8, 4) is 5.75 Å². The van der Waals surface area contributed by atoms with Gasteiger partial charge in [-0.1, -0.05) is 6.92 Å². The number of hydrogen-bond acceptors (Lipinski definition) is 4. The number of ether oxygens (including phenoxy) is 1. The summed E-state index contributed by atoms with van der Waals surface area (Å²) in [6, 6.07) is 7.63. The number of fused-ring (bicyclic) bond motifs is 5. The number of hydrogen-bond donors (Lipinski definition) is 2. The van der Waals surface area contributed by atoms with E-state index >= 15 is 0 Å². The summed E-state index contributed by atoms with van der Waals surface area (Å²) in [6.07, 6.45) is 0.836. The minimum atomic E-state index is -0.225. The van der Waals surface area contributed by atoms with Crippen LogP contribution in [0.1, 0.15) is 39.6 Å². The highest BCUT2D eigenvalue weighted by molar-refractivity contribution is 6.30. The molecule has 0 bridgehead atoms. The third kappa shape index (κ3) is 2.51. The average Bonchev–Trinajstić information content (AvgIpc) is 3.16. The van der Waals surface area contributed by atoms with Gasteiger partial charge in [0.2, 0.25) is 0 Å². The largest absolute Gasteiger partial charge is 0.497 e. The van der Waals surface area contributed by atoms with Crippen LogP contribution in [-0.2, 0) is 0 Å². The molecule has 2 heterocycles. The summed E-state index contributed by atoms with van der Waals surface area (Å²) < 4.78 is 5.36. The molecular formula is C21H23N3O3. The van der Waals surface area contributed by atoms with E-state index in [-0.39, 0.29) is 17.9 Å². The average molecular weight is 365 g/mol. The van der Waals surface area contributed by atoms with Gasteiger partial charge in [-0.2, -0.15) is 0 Å². The molecule has 2 N–H and O–H groups in total. The van der Waals surface area contributed by atoms with Gasteiger partial charge in [0, 0.05) is 28.9 Å². The summed E-state index contributed by atoms with van der Waals surface area (Å²) in [5.41, 5.74) is 3.73. The highest BCUT2D eigenvalue weighted by Crippen LogP contribution is 2.38. The first kappa shape index (κ1) is 17.5. The van der Waals surface area contributed by atoms with Crippen LogP contribution in [0, 0.1) is 6.92 Å². The van der Waals surface area contributed by atoms with Crippen LogP contribution in [0.3, 0.4) is 0 Å². The molecule has 2 aromatic carbocycles. The number of methoxy groups -OCH3 is 1. The standard InChI is InChI=1S/C21H23N3O3/c1-5-12(22-3)10-24-20(25)15-8-11(2)19-17(18(15)21(24)26)14-9-13(27-4)6-7-16(14)23-19/h6-9,12,22-23H,5,10H2,1-4H3. The van der Waals surface area contributed by atoms with Crippen molar-refractivity contribution >= 4 is 33.6 Å². The van der Waals surface area contributed by atoms with Gasteiger partial charge < -0.3 is 15.0 Å². The zero-order valence-electron chi connectivity index (χ0n) is 16.0. The van der Waals surface area contributed by atoms with E-state index < -0.39 is 0 Å². The molecule has 140 valence electrons. The van der Waals surface area contributed by atoms with Gasteiger partial charge in [-0.15, -0.1) is 0 Å². The van der Waals surface area contributed by atoms with Crippen molar-refractivity contribution in [3.05, 3.63) is 41.0 Å². The Morgan fingerprint density at radius 3 is 2.67 bits per heavy atom. The van der Waals surface area contributed by atoms with Crippen molar-refractivity contribution < 1.29 is 14.3 Å². The molecule has 0 saturated carbocycles. The zero-order valence-corrected chi connectivity index (χ0v) is 16.0. The maximum atomic E-state index is 13.2. The van der Waals surface area contributed by atoms with Crippen LogP contribution in [0.5, 0.6) is 5.75 Å². The fraction of sp³-hybridized carbons (Fsp3) is 0.333. The number of aryl methyl sites for hydroxylation is 1. The van der Waals surface area contributed by atoms with Gasteiger partial charge >= 0.3 is 0 Å². The molecule has 2 amide bonds. The summed E-state index contributed by atoms with van der Waals surface area (Å²) in [4.78, 5) is 31.0. The lowest BCUT2D eigenvalue weighted by molar-refractivity contribution is 0.0639. The lowest BCUT2D eigenvalue weighted by Crippen LogP contribution is -2.42. The minimum absolute atomic E-state index is 0.0758. The molecule has 1 atom stereocenters. The number of aromatic nitrogens is 1. The molecular weight excluding hydrogens is 342 g/mol. The Bertz CT molecular complexity index is 1080. The molecule has 0 spiro atoms. The number of amides is 2. The number of likely N-dealkylation sites (N-methyl/N-ethyl adjacent to an activating group) is 1. The van der Waals surface area contributed by atoms with E-state index in [0.29, 0.717) is 23.4 Å². The van der Waals surface area contributed by atoms with Gasteiger partial charge in [0.1, 0.15) is 5.75 Å². The molecule has 0 fully saturated rings. The molecule has 0 aliphatic carbocycles. The van der Waals surface area contributed by atoms with Crippen LogP contribution in [0.25, 0.3) is 21.8 Å². The molecule has 1 unspecified atom stereocenters. The molecule has 6 heteroatoms. The van der Waals surface area contributed by atoms with E-state index in [9.17, 15) is 9.59 Å². The van der Waals surface area contributed by atoms with E-state index in [4.69, 9.17) is 4.74 Å². The maximum Gasteiger partial charge on any atom is 0.262 e. The van der Waals surface area contributed by atoms with Gasteiger partial charge in [0.15, 0.2) is 0 Å². The van der Waals surface area contributed by atoms with Gasteiger partial charge in [-0.25, -0.2) is 0 Å². The van der Waals surface area contributed by atoms with Crippen LogP contribution in [0.4, 0.5) is 0 Å². The van der Waals surface area contributed by atoms with Crippen LogP contribution < -0.4 is 10.1 Å². The van der Waals surface area contributed by atoms with E-state index in [0.717, 1.165) is 33.8 Å². The zero-order chi connectivity index (χ0) is 19.3. The molecule has 27 heavy (non-hydrogen) atoms. The number of aromatic amines is 1. The highest BCUT2D eigenvalue weighted by Gasteiger charge is 2.39. The molecule has 1 aliphatic heterocycles. The van der Waals surface area contributed by atoms with Crippen molar-refractivity contribution in [2.24, 2.45) is 0 Å². The Balaban J connectivity index is 1.96. The number of carbonyl (C=O) groups is 2. The number of nitrogens with zero attached hydrogens (tertiary/aromatic N) is 1. The highest BCUT2D eigenvalue weighted by atomic mass is 16.5. The summed E-state index contributed by atoms with van der Waals surface area (Å²) in [7, 11) is 3.46. The number of imide groups is 1. The predicted octanol–water partition coefficient (Wildman–Crippen LogP) is 3.23. The van der Waals surface area contributed by atoms with Gasteiger partial charge in [-0.05, 0) is 50.2 Å². The lowest BCUT2D eigenvalue weighted by Gasteiger charge is -2.20. The molecule has 3 aromatic rings. The Labute approximate surface area is 157 Å². The second-order valence-corrected chi connectivity index (χ2v) is 7.02. The lowest BCUT2D eigenvalue weighted by atomic mass is 9.99. The van der Waals surface area contributed by atoms with Gasteiger partial charge in [0.05, 0.1) is 23.8 Å². The molecule has 6 nitrogen and oxygen atoms in total. The number of rotatable bonds is 5. The molecule has 0 radical (unpaired) electrons. The van der Waals surface area contributed by atoms with Crippen LogP contribution >= 0.6 is 0 Å². The first-order valence-electron chi connectivity index (χ1n) is 9.16. The van der Waals surface area contributed by atoms with Crippen molar-refractivity contribution in [1.82, 2.24) is 15.2 Å². The summed E-state index contributed by atoms with van der Waals surface area (Å²) in [5, 5.41) is 4.87. The maximum absolute atomic E-state index is 13.2. The third-order valence-electron chi connectivity index (χ3n) is 5.52. The Kier molecular flexibility index (Phi) is 4.15. The second kappa shape index (κ2) is 6.39. The third-order valence-corrected chi connectivity index (χ3v) is 5.52. The molecule has 1 aromatic heterocycles. The first-order valence-corrected chi connectivity index (χ1v) is 9.16. The molecule has 1 aliphatic rings. The summed E-state index contributed by atoms with van der Waals surface area (Å²) >= 11 is 0. The minimum Gasteiger partial charge on any atom is -0.497 e. The van der Waals surface area contributed by atoms with E-state index in [1.165, 1.54) is 4.90 Å². The fourth-order valence-electron chi connectivity index (χ4n) is 3.92. The number of nitrogens with one attached hydrogen (secondary N) is 2. The fourth-order valence-corrected chi connectivity index (χ4v) is 3.92. The summed E-state index contributed by atoms with van der Waals surface area (Å²) in [6.45, 7) is 4.36. The van der Waals surface area contributed by atoms with Gasteiger partial charge in [-0.3, -0.25) is 14.5 Å².